The molecule has 0 bridgehead atoms. The van der Waals surface area contributed by atoms with Gasteiger partial charge in [-0.2, -0.15) is 0 Å². The molecule has 0 spiro atoms. The summed E-state index contributed by atoms with van der Waals surface area (Å²) in [7, 11) is -4.56. The van der Waals surface area contributed by atoms with Crippen molar-refractivity contribution in [2.45, 2.75) is 0 Å². The monoisotopic (exact) mass is 138 g/mol. The van der Waals surface area contributed by atoms with Crippen molar-refractivity contribution in [3.8, 4) is 0 Å². The first kappa shape index (κ1) is 7.21. The standard InChI is InChI=1S/H4N3O4Si/c1-2-3-7-8(4,5)6/h1,4-6H/q+1. The zero-order valence-electron chi connectivity index (χ0n) is 3.64. The summed E-state index contributed by atoms with van der Waals surface area (Å²) in [6, 6.07) is 0. The Morgan fingerprint density at radius 1 is 1.50 bits per heavy atom. The molecule has 0 unspecified atom stereocenters. The number of hydrogen-bond acceptors (Lipinski definition) is 6. The van der Waals surface area contributed by atoms with Crippen LogP contribution in [0, 0.1) is 5.53 Å². The number of rotatable bonds is 2. The molecule has 0 aromatic carbocycles. The van der Waals surface area contributed by atoms with Crippen LogP contribution in [-0.4, -0.2) is 23.4 Å². The van der Waals surface area contributed by atoms with Crippen LogP contribution in [-0.2, 0) is 4.53 Å². The van der Waals surface area contributed by atoms with Gasteiger partial charge in [0.05, 0.1) is 0 Å². The molecule has 0 rings (SSSR count). The predicted octanol–water partition coefficient (Wildman–Crippen LogP) is -2.12. The summed E-state index contributed by atoms with van der Waals surface area (Å²) in [5, 5.41) is 2.35. The fraction of sp³-hybridized carbons (Fsp3) is 0. The van der Waals surface area contributed by atoms with Gasteiger partial charge in [0.15, 0.2) is 0 Å². The van der Waals surface area contributed by atoms with E-state index in [9.17, 15) is 0 Å². The van der Waals surface area contributed by atoms with E-state index in [1.165, 1.54) is 0 Å². The van der Waals surface area contributed by atoms with Crippen LogP contribution >= 0.6 is 0 Å². The predicted molar refractivity (Wildman–Crippen MR) is 20.8 cm³/mol. The quantitative estimate of drug-likeness (QED) is 0.151. The number of nitrogens with one attached hydrogen (secondary N) is 1. The molecule has 0 atom stereocenters. The van der Waals surface area contributed by atoms with Crippen molar-refractivity contribution >= 4 is 9.05 Å². The maximum atomic E-state index is 7.94. The molecule has 0 aromatic heterocycles. The molecule has 0 aliphatic rings. The smallest absolute Gasteiger partial charge is 0.356 e. The molecule has 0 aromatic rings. The van der Waals surface area contributed by atoms with E-state index in [0.29, 0.717) is 0 Å². The van der Waals surface area contributed by atoms with E-state index >= 15 is 0 Å². The number of hydrogen-bond donors (Lipinski definition) is 4. The van der Waals surface area contributed by atoms with Crippen molar-refractivity contribution in [1.82, 2.24) is 4.91 Å². The van der Waals surface area contributed by atoms with E-state index in [-0.39, 0.29) is 0 Å². The van der Waals surface area contributed by atoms with Gasteiger partial charge >= 0.3 is 14.3 Å². The summed E-state index contributed by atoms with van der Waals surface area (Å²) in [5.74, 6) is 0. The summed E-state index contributed by atoms with van der Waals surface area (Å²) >= 11 is 0. The van der Waals surface area contributed by atoms with Crippen molar-refractivity contribution in [2.24, 2.45) is 5.28 Å². The molecule has 0 radical (unpaired) electrons. The fourth-order valence-electron chi connectivity index (χ4n) is 0.0752. The average molecular weight is 138 g/mol. The van der Waals surface area contributed by atoms with E-state index in [1.807, 2.05) is 0 Å². The third-order valence-corrected chi connectivity index (χ3v) is 0.531. The summed E-state index contributed by atoms with van der Waals surface area (Å²) in [6.45, 7) is 0. The molecular formula is H4N3O4Si+. The highest BCUT2D eigenvalue weighted by atomic mass is 28.4. The second kappa shape index (κ2) is 2.50. The van der Waals surface area contributed by atoms with Crippen LogP contribution < -0.4 is 4.91 Å². The van der Waals surface area contributed by atoms with Crippen molar-refractivity contribution in [3.63, 3.8) is 0 Å². The van der Waals surface area contributed by atoms with Gasteiger partial charge in [-0.3, -0.25) is 0 Å². The maximum absolute atomic E-state index is 7.94. The minimum absolute atomic E-state index is 2.23. The second-order valence-corrected chi connectivity index (χ2v) is 2.18. The van der Waals surface area contributed by atoms with E-state index in [2.05, 4.69) is 14.7 Å². The largest absolute Gasteiger partial charge is 0.767 e. The molecule has 46 valence electrons. The second-order valence-electron chi connectivity index (χ2n) is 0.847. The normalized spacial score (nSPS) is 9.88. The lowest BCUT2D eigenvalue weighted by atomic mass is 12.9. The van der Waals surface area contributed by atoms with Crippen molar-refractivity contribution in [1.29, 1.82) is 5.53 Å². The van der Waals surface area contributed by atoms with Crippen LogP contribution in [0.25, 0.3) is 0 Å². The lowest BCUT2D eigenvalue weighted by molar-refractivity contribution is 0.0557. The Morgan fingerprint density at radius 2 is 2.00 bits per heavy atom. The van der Waals surface area contributed by atoms with Gasteiger partial charge in [-0.05, 0) is 0 Å². The first-order chi connectivity index (χ1) is 3.56. The van der Waals surface area contributed by atoms with Crippen LogP contribution in [0.1, 0.15) is 0 Å². The highest BCUT2D eigenvalue weighted by Gasteiger charge is 2.36. The van der Waals surface area contributed by atoms with Gasteiger partial charge in [0.1, 0.15) is 5.53 Å². The van der Waals surface area contributed by atoms with Gasteiger partial charge < -0.3 is 18.9 Å². The Morgan fingerprint density at radius 3 is 2.12 bits per heavy atom. The Balaban J connectivity index is 3.55. The SMILES string of the molecule is N=[N+]=NO[Si](O)(O)O. The van der Waals surface area contributed by atoms with E-state index in [0.717, 1.165) is 0 Å². The van der Waals surface area contributed by atoms with Crippen LogP contribution in [0.4, 0.5) is 0 Å². The minimum atomic E-state index is -4.56. The van der Waals surface area contributed by atoms with E-state index < -0.39 is 9.05 Å². The van der Waals surface area contributed by atoms with Crippen molar-refractivity contribution in [3.05, 3.63) is 0 Å². The minimum Gasteiger partial charge on any atom is -0.356 e. The summed E-state index contributed by atoms with van der Waals surface area (Å²) in [5.41, 5.74) is 5.90. The molecule has 0 heterocycles. The molecule has 4 N–H and O–H groups in total. The Bertz CT molecular complexity index is 109. The Hall–Kier alpha value is -0.793. The van der Waals surface area contributed by atoms with Gasteiger partial charge in [-0.15, -0.1) is 0 Å². The maximum Gasteiger partial charge on any atom is 0.767 e. The Kier molecular flexibility index (Phi) is 2.25. The summed E-state index contributed by atoms with van der Waals surface area (Å²) in [6.07, 6.45) is 0. The van der Waals surface area contributed by atoms with Crippen LogP contribution in [0.2, 0.25) is 0 Å². The first-order valence-corrected chi connectivity index (χ1v) is 3.23. The van der Waals surface area contributed by atoms with E-state index in [4.69, 9.17) is 19.9 Å². The average Bonchev–Trinajstić information content (AvgIpc) is 1.59. The summed E-state index contributed by atoms with van der Waals surface area (Å²) in [4.78, 5) is 26.0. The van der Waals surface area contributed by atoms with Gasteiger partial charge in [0, 0.05) is 0 Å². The molecule has 0 saturated carbocycles. The van der Waals surface area contributed by atoms with Crippen molar-refractivity contribution < 1.29 is 18.9 Å². The van der Waals surface area contributed by atoms with Gasteiger partial charge in [0.2, 0.25) is 0 Å². The van der Waals surface area contributed by atoms with Crippen LogP contribution in [0.15, 0.2) is 5.28 Å². The highest BCUT2D eigenvalue weighted by Crippen LogP contribution is 1.85. The zero-order valence-corrected chi connectivity index (χ0v) is 4.64. The zero-order chi connectivity index (χ0) is 6.62. The lowest BCUT2D eigenvalue weighted by Crippen LogP contribution is -2.36. The van der Waals surface area contributed by atoms with Gasteiger partial charge in [0.25, 0.3) is 4.91 Å². The topological polar surface area (TPSA) is 120 Å². The Labute approximate surface area is 44.8 Å². The van der Waals surface area contributed by atoms with Gasteiger partial charge in [-0.1, -0.05) is 0 Å². The number of nitrogens with zero attached hydrogens (tertiary/aromatic N) is 2. The molecule has 0 fully saturated rings. The lowest BCUT2D eigenvalue weighted by Gasteiger charge is -1.96. The molecule has 0 saturated heterocycles. The molecule has 0 aliphatic carbocycles. The third-order valence-electron chi connectivity index (χ3n) is 0.204. The molecular weight excluding hydrogens is 134 g/mol. The molecule has 8 heavy (non-hydrogen) atoms. The molecule has 7 nitrogen and oxygen atoms in total. The summed E-state index contributed by atoms with van der Waals surface area (Å²) < 4.78 is 3.45. The van der Waals surface area contributed by atoms with Crippen molar-refractivity contribution in [2.75, 3.05) is 0 Å². The first-order valence-electron chi connectivity index (χ1n) is 1.48. The molecule has 8 heteroatoms. The highest BCUT2D eigenvalue weighted by molar-refractivity contribution is 6.48. The van der Waals surface area contributed by atoms with Crippen LogP contribution in [0.5, 0.6) is 0 Å². The van der Waals surface area contributed by atoms with Gasteiger partial charge in [-0.25, -0.2) is 0 Å². The third kappa shape index (κ3) is 5.21. The molecule has 0 amide bonds. The fourth-order valence-corrected chi connectivity index (χ4v) is 0.226. The van der Waals surface area contributed by atoms with E-state index in [1.54, 1.807) is 0 Å². The van der Waals surface area contributed by atoms with Crippen LogP contribution in [0.3, 0.4) is 0 Å². The molecule has 0 aliphatic heterocycles.